The topological polar surface area (TPSA) is 50.9 Å². The molecule has 0 saturated carbocycles. The van der Waals surface area contributed by atoms with E-state index >= 15 is 0 Å². The van der Waals surface area contributed by atoms with Crippen LogP contribution in [-0.4, -0.2) is 19.6 Å². The van der Waals surface area contributed by atoms with E-state index in [1.54, 1.807) is 6.20 Å². The van der Waals surface area contributed by atoms with Crippen molar-refractivity contribution in [1.82, 2.24) is 14.5 Å². The highest BCUT2D eigenvalue weighted by molar-refractivity contribution is 5.99. The number of imidazole rings is 1. The molecule has 2 aromatic heterocycles. The van der Waals surface area contributed by atoms with Crippen LogP contribution in [0.4, 0.5) is 0 Å². The minimum absolute atomic E-state index is 0.127. The fourth-order valence-electron chi connectivity index (χ4n) is 9.12. The van der Waals surface area contributed by atoms with Gasteiger partial charge in [-0.25, -0.2) is 4.98 Å². The van der Waals surface area contributed by atoms with Crippen LogP contribution in [0.2, 0.25) is 0 Å². The minimum atomic E-state index is -0.432. The number of para-hydroxylation sites is 1. The molecule has 0 aliphatic heterocycles. The molecule has 0 fully saturated rings. The van der Waals surface area contributed by atoms with Gasteiger partial charge in [-0.3, -0.25) is 9.55 Å². The van der Waals surface area contributed by atoms with Gasteiger partial charge >= 0.3 is 0 Å². The normalized spacial score (nSPS) is 13.3. The lowest BCUT2D eigenvalue weighted by Gasteiger charge is -2.28. The van der Waals surface area contributed by atoms with E-state index in [1.807, 2.05) is 38.1 Å². The second-order valence-corrected chi connectivity index (χ2v) is 20.7. The lowest BCUT2D eigenvalue weighted by molar-refractivity contribution is 0.446. The van der Waals surface area contributed by atoms with E-state index in [-0.39, 0.29) is 51.7 Å². The Kier molecular flexibility index (Phi) is 9.71. The van der Waals surface area contributed by atoms with Crippen LogP contribution in [-0.2, 0) is 16.2 Å². The summed E-state index contributed by atoms with van der Waals surface area (Å²) in [6.45, 7) is 23.5. The smallest absolute Gasteiger partial charge is 0.149 e. The molecule has 4 nitrogen and oxygen atoms in total. The van der Waals surface area contributed by atoms with Gasteiger partial charge in [0.05, 0.1) is 34.8 Å². The summed E-state index contributed by atoms with van der Waals surface area (Å²) in [5.74, 6) is 0.807. The molecule has 9 aromatic rings. The van der Waals surface area contributed by atoms with E-state index in [9.17, 15) is 5.11 Å². The van der Waals surface area contributed by atoms with Gasteiger partial charge in [-0.2, -0.15) is 0 Å². The summed E-state index contributed by atoms with van der Waals surface area (Å²) in [6, 6.07) is 42.5. The number of aromatic nitrogens is 3. The number of phenols is 1. The first kappa shape index (κ1) is 38.3. The summed E-state index contributed by atoms with van der Waals surface area (Å²) in [5, 5.41) is 12.6. The summed E-state index contributed by atoms with van der Waals surface area (Å²) in [7, 11) is 0. The minimum Gasteiger partial charge on any atom is -0.507 e. The third kappa shape index (κ3) is 8.26. The van der Waals surface area contributed by atoms with Crippen LogP contribution in [0, 0.1) is 13.8 Å². The molecule has 0 unspecified atom stereocenters. The number of hydrogen-bond donors (Lipinski definition) is 1. The fourth-order valence-corrected chi connectivity index (χ4v) is 9.12. The zero-order valence-electron chi connectivity index (χ0n) is 45.0. The lowest BCUT2D eigenvalue weighted by Crippen LogP contribution is -2.17. The predicted octanol–water partition coefficient (Wildman–Crippen LogP) is 16.6. The second-order valence-electron chi connectivity index (χ2n) is 20.7. The van der Waals surface area contributed by atoms with Crippen molar-refractivity contribution in [2.24, 2.45) is 0 Å². The number of phenolic OH excluding ortho intramolecular Hbond substituents is 1. The molecule has 0 spiro atoms. The Morgan fingerprint density at radius 3 is 1.80 bits per heavy atom. The Balaban J connectivity index is 1.39. The van der Waals surface area contributed by atoms with Crippen LogP contribution in [0.1, 0.15) is 97.0 Å². The average Bonchev–Trinajstić information content (AvgIpc) is 3.72. The SMILES string of the molecule is [2H]c1c([2H])c([2H])c(-c2c(C)cnc(-c3cc(-c4ccccc4)cc(-c4cccc5c4nc(-c4cc(C(C)(C)C)cc(C(C)(C)C)c4O)n5-c4ccc(C(C)(C)C)cc4-c4ccccc4)c3)c2C)c([2H])c1[2H]. The Bertz CT molecular complexity index is 3530. The third-order valence-corrected chi connectivity index (χ3v) is 12.8. The number of aryl methyl sites for hydroxylation is 1. The van der Waals surface area contributed by atoms with Crippen LogP contribution >= 0.6 is 0 Å². The molecule has 0 amide bonds. The van der Waals surface area contributed by atoms with E-state index in [0.717, 1.165) is 66.8 Å². The van der Waals surface area contributed by atoms with Crippen molar-refractivity contribution >= 4 is 11.0 Å². The van der Waals surface area contributed by atoms with Crippen molar-refractivity contribution in [2.45, 2.75) is 92.4 Å². The van der Waals surface area contributed by atoms with Crippen LogP contribution in [0.25, 0.3) is 83.9 Å². The summed E-state index contributed by atoms with van der Waals surface area (Å²) >= 11 is 0. The van der Waals surface area contributed by atoms with Gasteiger partial charge in [-0.1, -0.05) is 177 Å². The molecule has 0 aliphatic rings. The van der Waals surface area contributed by atoms with Crippen LogP contribution in [0.15, 0.2) is 164 Å². The van der Waals surface area contributed by atoms with Gasteiger partial charge in [0.2, 0.25) is 0 Å². The Morgan fingerprint density at radius 1 is 0.530 bits per heavy atom. The molecule has 66 heavy (non-hydrogen) atoms. The molecule has 0 atom stereocenters. The van der Waals surface area contributed by atoms with Crippen molar-refractivity contribution in [2.75, 3.05) is 0 Å². The molecule has 0 saturated heterocycles. The van der Waals surface area contributed by atoms with E-state index in [1.165, 1.54) is 5.56 Å². The van der Waals surface area contributed by atoms with Crippen molar-refractivity contribution in [3.8, 4) is 78.6 Å². The summed E-state index contributed by atoms with van der Waals surface area (Å²) in [4.78, 5) is 10.7. The molecule has 0 aliphatic carbocycles. The van der Waals surface area contributed by atoms with E-state index in [0.29, 0.717) is 33.8 Å². The number of nitrogens with zero attached hydrogens (tertiary/aromatic N) is 3. The number of aromatic hydroxyl groups is 1. The summed E-state index contributed by atoms with van der Waals surface area (Å²) in [5.41, 5.74) is 14.8. The van der Waals surface area contributed by atoms with Crippen molar-refractivity contribution in [1.29, 1.82) is 0 Å². The van der Waals surface area contributed by atoms with Gasteiger partial charge in [0.1, 0.15) is 11.6 Å². The Morgan fingerprint density at radius 2 is 1.15 bits per heavy atom. The van der Waals surface area contributed by atoms with Gasteiger partial charge in [0.15, 0.2) is 0 Å². The average molecular weight is 869 g/mol. The number of benzene rings is 7. The fraction of sp³-hybridized carbons (Fsp3) is 0.226. The molecule has 7 aromatic carbocycles. The van der Waals surface area contributed by atoms with Crippen LogP contribution < -0.4 is 0 Å². The molecule has 0 radical (unpaired) electrons. The highest BCUT2D eigenvalue weighted by Gasteiger charge is 2.30. The molecule has 330 valence electrons. The molecular formula is C62H61N3O. The number of rotatable bonds is 7. The Labute approximate surface area is 398 Å². The van der Waals surface area contributed by atoms with Gasteiger partial charge in [-0.15, -0.1) is 0 Å². The monoisotopic (exact) mass is 869 g/mol. The van der Waals surface area contributed by atoms with Crippen molar-refractivity contribution < 1.29 is 12.0 Å². The first-order valence-electron chi connectivity index (χ1n) is 25.3. The van der Waals surface area contributed by atoms with Gasteiger partial charge in [0, 0.05) is 28.5 Å². The zero-order chi connectivity index (χ0) is 51.1. The summed E-state index contributed by atoms with van der Waals surface area (Å²) < 4.78 is 45.4. The van der Waals surface area contributed by atoms with Crippen molar-refractivity contribution in [3.63, 3.8) is 0 Å². The van der Waals surface area contributed by atoms with Crippen LogP contribution in [0.3, 0.4) is 0 Å². The van der Waals surface area contributed by atoms with Crippen LogP contribution in [0.5, 0.6) is 5.75 Å². The van der Waals surface area contributed by atoms with E-state index in [4.69, 9.17) is 16.8 Å². The van der Waals surface area contributed by atoms with Crippen molar-refractivity contribution in [3.05, 3.63) is 192 Å². The zero-order valence-corrected chi connectivity index (χ0v) is 40.0. The highest BCUT2D eigenvalue weighted by atomic mass is 16.3. The van der Waals surface area contributed by atoms with E-state index in [2.05, 4.69) is 170 Å². The first-order chi connectivity index (χ1) is 33.4. The molecule has 9 rings (SSSR count). The third-order valence-electron chi connectivity index (χ3n) is 12.8. The molecular weight excluding hydrogens is 803 g/mol. The number of fused-ring (bicyclic) bond motifs is 1. The quantitative estimate of drug-likeness (QED) is 0.174. The molecule has 4 heteroatoms. The summed E-state index contributed by atoms with van der Waals surface area (Å²) in [6.07, 6.45) is 1.72. The Hall–Kier alpha value is -7.04. The predicted molar refractivity (Wildman–Crippen MR) is 279 cm³/mol. The number of hydrogen-bond acceptors (Lipinski definition) is 3. The van der Waals surface area contributed by atoms with Gasteiger partial charge in [-0.05, 0) is 128 Å². The molecule has 2 heterocycles. The number of pyridine rings is 1. The molecule has 0 bridgehead atoms. The largest absolute Gasteiger partial charge is 0.507 e. The van der Waals surface area contributed by atoms with Gasteiger partial charge < -0.3 is 5.11 Å². The lowest BCUT2D eigenvalue weighted by atomic mass is 9.79. The maximum Gasteiger partial charge on any atom is 0.149 e. The molecule has 1 N–H and O–H groups in total. The maximum absolute atomic E-state index is 12.6. The van der Waals surface area contributed by atoms with E-state index < -0.39 is 6.04 Å². The standard InChI is InChI=1S/C62H61N3O/c1-39-38-63-56(40(2)55(39)43-26-19-14-20-27-43)46-33-44(41-22-15-12-16-23-41)32-45(34-46)49-28-21-29-54-57(49)64-59(51-36-48(61(6,7)8)37-52(58(51)66)62(9,10)11)65(54)53-31-30-47(60(3,4)5)35-50(53)42-24-17-13-18-25-42/h12-38,66H,1-11H3/i14D,19D,20D,26D,27D. The van der Waals surface area contributed by atoms with Gasteiger partial charge in [0.25, 0.3) is 0 Å². The second kappa shape index (κ2) is 16.7. The maximum atomic E-state index is 12.6. The first-order valence-corrected chi connectivity index (χ1v) is 22.8. The highest BCUT2D eigenvalue weighted by Crippen LogP contribution is 2.46.